The van der Waals surface area contributed by atoms with Crippen molar-refractivity contribution >= 4 is 17.7 Å². The van der Waals surface area contributed by atoms with Gasteiger partial charge in [0, 0.05) is 10.6 Å². The standard InChI is InChI=1S/C14H21NO2S/c1-4-10-15-14(2,13(16)17-3)11-18-12-8-6-5-7-9-12/h5-9,15H,4,10-11H2,1-3H3. The quantitative estimate of drug-likeness (QED) is 0.609. The minimum atomic E-state index is -0.634. The Balaban J connectivity index is 2.64. The van der Waals surface area contributed by atoms with Crippen LogP contribution in [0.15, 0.2) is 35.2 Å². The van der Waals surface area contributed by atoms with Gasteiger partial charge in [-0.2, -0.15) is 0 Å². The summed E-state index contributed by atoms with van der Waals surface area (Å²) in [6.07, 6.45) is 0.989. The summed E-state index contributed by atoms with van der Waals surface area (Å²) in [5.41, 5.74) is -0.634. The number of hydrogen-bond donors (Lipinski definition) is 1. The molecular weight excluding hydrogens is 246 g/mol. The first kappa shape index (κ1) is 15.1. The summed E-state index contributed by atoms with van der Waals surface area (Å²) in [6, 6.07) is 10.1. The monoisotopic (exact) mass is 267 g/mol. The largest absolute Gasteiger partial charge is 0.468 e. The van der Waals surface area contributed by atoms with Crippen molar-refractivity contribution in [1.82, 2.24) is 5.32 Å². The van der Waals surface area contributed by atoms with E-state index in [2.05, 4.69) is 12.2 Å². The number of nitrogens with one attached hydrogen (secondary N) is 1. The minimum Gasteiger partial charge on any atom is -0.468 e. The molecule has 0 aliphatic rings. The van der Waals surface area contributed by atoms with Crippen LogP contribution in [0.3, 0.4) is 0 Å². The molecule has 0 fully saturated rings. The van der Waals surface area contributed by atoms with Crippen molar-refractivity contribution in [2.24, 2.45) is 0 Å². The first-order valence-corrected chi connectivity index (χ1v) is 7.12. The van der Waals surface area contributed by atoms with Crippen LogP contribution >= 0.6 is 11.8 Å². The summed E-state index contributed by atoms with van der Waals surface area (Å²) in [7, 11) is 1.43. The van der Waals surface area contributed by atoms with Gasteiger partial charge in [0.05, 0.1) is 7.11 Å². The van der Waals surface area contributed by atoms with E-state index in [1.165, 1.54) is 7.11 Å². The number of thioether (sulfide) groups is 1. The van der Waals surface area contributed by atoms with Crippen LogP contribution in [0.4, 0.5) is 0 Å². The second-order valence-corrected chi connectivity index (χ2v) is 5.40. The highest BCUT2D eigenvalue weighted by molar-refractivity contribution is 7.99. The molecule has 100 valence electrons. The van der Waals surface area contributed by atoms with E-state index in [0.717, 1.165) is 17.9 Å². The van der Waals surface area contributed by atoms with Crippen molar-refractivity contribution in [3.05, 3.63) is 30.3 Å². The summed E-state index contributed by atoms with van der Waals surface area (Å²) in [5.74, 6) is 0.448. The Morgan fingerprint density at radius 3 is 2.61 bits per heavy atom. The fourth-order valence-electron chi connectivity index (χ4n) is 1.55. The van der Waals surface area contributed by atoms with Gasteiger partial charge in [0.15, 0.2) is 0 Å². The van der Waals surface area contributed by atoms with E-state index in [1.54, 1.807) is 11.8 Å². The van der Waals surface area contributed by atoms with Crippen molar-refractivity contribution < 1.29 is 9.53 Å². The number of ether oxygens (including phenoxy) is 1. The third-order valence-electron chi connectivity index (χ3n) is 2.67. The molecule has 0 aromatic heterocycles. The van der Waals surface area contributed by atoms with Crippen LogP contribution in [0.2, 0.25) is 0 Å². The number of carbonyl (C=O) groups excluding carboxylic acids is 1. The van der Waals surface area contributed by atoms with Crippen molar-refractivity contribution in [3.63, 3.8) is 0 Å². The third kappa shape index (κ3) is 4.35. The van der Waals surface area contributed by atoms with Gasteiger partial charge in [0.2, 0.25) is 0 Å². The van der Waals surface area contributed by atoms with Crippen LogP contribution in [-0.2, 0) is 9.53 Å². The molecule has 1 aromatic rings. The molecule has 0 spiro atoms. The Morgan fingerprint density at radius 1 is 1.39 bits per heavy atom. The van der Waals surface area contributed by atoms with E-state index in [1.807, 2.05) is 37.3 Å². The maximum Gasteiger partial charge on any atom is 0.326 e. The van der Waals surface area contributed by atoms with Crippen molar-refractivity contribution in [2.45, 2.75) is 30.7 Å². The molecule has 0 bridgehead atoms. The fourth-order valence-corrected chi connectivity index (χ4v) is 2.58. The second-order valence-electron chi connectivity index (χ2n) is 4.35. The molecule has 1 unspecified atom stereocenters. The Bertz CT molecular complexity index is 369. The van der Waals surface area contributed by atoms with E-state index in [-0.39, 0.29) is 5.97 Å². The highest BCUT2D eigenvalue weighted by Crippen LogP contribution is 2.23. The molecule has 0 amide bonds. The van der Waals surface area contributed by atoms with E-state index in [0.29, 0.717) is 5.75 Å². The lowest BCUT2D eigenvalue weighted by Crippen LogP contribution is -2.52. The number of carbonyl (C=O) groups is 1. The average Bonchev–Trinajstić information content (AvgIpc) is 2.43. The van der Waals surface area contributed by atoms with E-state index >= 15 is 0 Å². The number of hydrogen-bond acceptors (Lipinski definition) is 4. The maximum absolute atomic E-state index is 11.9. The lowest BCUT2D eigenvalue weighted by Gasteiger charge is -2.27. The predicted molar refractivity (Wildman–Crippen MR) is 75.9 cm³/mol. The van der Waals surface area contributed by atoms with Crippen molar-refractivity contribution in [2.75, 3.05) is 19.4 Å². The van der Waals surface area contributed by atoms with Gasteiger partial charge in [-0.25, -0.2) is 0 Å². The van der Waals surface area contributed by atoms with Crippen LogP contribution in [0.5, 0.6) is 0 Å². The van der Waals surface area contributed by atoms with Gasteiger partial charge in [0.1, 0.15) is 5.54 Å². The van der Waals surface area contributed by atoms with Crippen molar-refractivity contribution in [3.8, 4) is 0 Å². The summed E-state index contributed by atoms with van der Waals surface area (Å²) >= 11 is 1.66. The van der Waals surface area contributed by atoms with Crippen LogP contribution < -0.4 is 5.32 Å². The summed E-state index contributed by atoms with van der Waals surface area (Å²) in [6.45, 7) is 4.78. The Morgan fingerprint density at radius 2 is 2.06 bits per heavy atom. The molecule has 0 aliphatic carbocycles. The van der Waals surface area contributed by atoms with Crippen molar-refractivity contribution in [1.29, 1.82) is 0 Å². The van der Waals surface area contributed by atoms with Crippen LogP contribution in [-0.4, -0.2) is 30.9 Å². The summed E-state index contributed by atoms with van der Waals surface area (Å²) in [5, 5.41) is 3.27. The average molecular weight is 267 g/mol. The molecule has 0 radical (unpaired) electrons. The molecule has 0 saturated carbocycles. The zero-order valence-electron chi connectivity index (χ0n) is 11.2. The maximum atomic E-state index is 11.9. The van der Waals surface area contributed by atoms with Gasteiger partial charge >= 0.3 is 5.97 Å². The molecule has 18 heavy (non-hydrogen) atoms. The molecule has 1 N–H and O–H groups in total. The molecular formula is C14H21NO2S. The second kappa shape index (κ2) is 7.44. The summed E-state index contributed by atoms with van der Waals surface area (Å²) < 4.78 is 4.89. The molecule has 3 nitrogen and oxygen atoms in total. The molecule has 4 heteroatoms. The van der Waals surface area contributed by atoms with E-state index < -0.39 is 5.54 Å². The van der Waals surface area contributed by atoms with Crippen LogP contribution in [0.1, 0.15) is 20.3 Å². The van der Waals surface area contributed by atoms with Crippen LogP contribution in [0, 0.1) is 0 Å². The van der Waals surface area contributed by atoms with Gasteiger partial charge < -0.3 is 10.1 Å². The molecule has 0 aliphatic heterocycles. The molecule has 0 heterocycles. The number of methoxy groups -OCH3 is 1. The topological polar surface area (TPSA) is 38.3 Å². The number of benzene rings is 1. The minimum absolute atomic E-state index is 0.209. The Hall–Kier alpha value is -1.00. The highest BCUT2D eigenvalue weighted by atomic mass is 32.2. The Kier molecular flexibility index (Phi) is 6.22. The zero-order valence-corrected chi connectivity index (χ0v) is 12.0. The molecule has 1 rings (SSSR count). The summed E-state index contributed by atoms with van der Waals surface area (Å²) in [4.78, 5) is 13.0. The normalized spacial score (nSPS) is 13.9. The van der Waals surface area contributed by atoms with Crippen LogP contribution in [0.25, 0.3) is 0 Å². The fraction of sp³-hybridized carbons (Fsp3) is 0.500. The van der Waals surface area contributed by atoms with Gasteiger partial charge in [0.25, 0.3) is 0 Å². The number of rotatable bonds is 7. The van der Waals surface area contributed by atoms with Gasteiger partial charge in [-0.3, -0.25) is 4.79 Å². The van der Waals surface area contributed by atoms with E-state index in [4.69, 9.17) is 4.74 Å². The highest BCUT2D eigenvalue weighted by Gasteiger charge is 2.33. The lowest BCUT2D eigenvalue weighted by atomic mass is 10.1. The third-order valence-corrected chi connectivity index (χ3v) is 4.00. The van der Waals surface area contributed by atoms with Gasteiger partial charge in [-0.15, -0.1) is 11.8 Å². The molecule has 1 atom stereocenters. The predicted octanol–water partition coefficient (Wildman–Crippen LogP) is 2.71. The molecule has 0 saturated heterocycles. The van der Waals surface area contributed by atoms with Gasteiger partial charge in [-0.1, -0.05) is 25.1 Å². The molecule has 1 aromatic carbocycles. The first-order valence-electron chi connectivity index (χ1n) is 6.13. The van der Waals surface area contributed by atoms with E-state index in [9.17, 15) is 4.79 Å². The first-order chi connectivity index (χ1) is 8.62. The lowest BCUT2D eigenvalue weighted by molar-refractivity contribution is -0.146. The number of esters is 1. The Labute approximate surface area is 113 Å². The van der Waals surface area contributed by atoms with Gasteiger partial charge in [-0.05, 0) is 32.0 Å². The zero-order chi connectivity index (χ0) is 13.4. The SMILES string of the molecule is CCCNC(C)(CSc1ccccc1)C(=O)OC. The smallest absolute Gasteiger partial charge is 0.326 e.